The molecule has 2 aliphatic rings. The maximum Gasteiger partial charge on any atom is 0.246 e. The molecule has 182 valence electrons. The van der Waals surface area contributed by atoms with Gasteiger partial charge in [-0.25, -0.2) is 0 Å². The second-order valence-electron chi connectivity index (χ2n) is 8.69. The van der Waals surface area contributed by atoms with Crippen LogP contribution < -0.4 is 0 Å². The molecule has 2 aliphatic heterocycles. The predicted octanol–water partition coefficient (Wildman–Crippen LogP) is 2.79. The molecule has 2 atom stereocenters. The minimum Gasteiger partial charge on any atom is -0.391 e. The minimum atomic E-state index is -0.366. The lowest BCUT2D eigenvalue weighted by Gasteiger charge is -2.36. The molecule has 0 radical (unpaired) electrons. The minimum absolute atomic E-state index is 0.0811. The first kappa shape index (κ1) is 26.0. The van der Waals surface area contributed by atoms with Crippen molar-refractivity contribution in [2.24, 2.45) is 5.92 Å². The summed E-state index contributed by atoms with van der Waals surface area (Å²) in [6.45, 7) is 5.14. The number of benzene rings is 1. The van der Waals surface area contributed by atoms with Crippen molar-refractivity contribution in [2.45, 2.75) is 25.4 Å². The fourth-order valence-corrected chi connectivity index (χ4v) is 4.66. The first-order valence-electron chi connectivity index (χ1n) is 11.5. The van der Waals surface area contributed by atoms with Crippen LogP contribution in [-0.2, 0) is 14.3 Å². The number of aliphatic hydroxyl groups is 1. The molecule has 0 aromatic heterocycles. The van der Waals surface area contributed by atoms with Gasteiger partial charge in [-0.05, 0) is 49.7 Å². The van der Waals surface area contributed by atoms with E-state index >= 15 is 0 Å². The number of nitrogens with zero attached hydrogens (tertiary/aromatic N) is 3. The number of amides is 2. The Bertz CT molecular complexity index is 851. The molecular weight excluding hydrogens is 465 g/mol. The van der Waals surface area contributed by atoms with Gasteiger partial charge in [-0.15, -0.1) is 0 Å². The van der Waals surface area contributed by atoms with Crippen molar-refractivity contribution in [3.63, 3.8) is 0 Å². The Morgan fingerprint density at radius 1 is 1.18 bits per heavy atom. The molecule has 3 rings (SSSR count). The summed E-state index contributed by atoms with van der Waals surface area (Å²) in [6.07, 6.45) is 4.95. The highest BCUT2D eigenvalue weighted by Crippen LogP contribution is 2.23. The van der Waals surface area contributed by atoms with E-state index in [9.17, 15) is 14.7 Å². The third-order valence-corrected chi connectivity index (χ3v) is 7.09. The van der Waals surface area contributed by atoms with E-state index in [1.165, 1.54) is 6.08 Å². The zero-order valence-corrected chi connectivity index (χ0v) is 20.6. The molecule has 2 amide bonds. The Kier molecular flexibility index (Phi) is 10.0. The van der Waals surface area contributed by atoms with Crippen LogP contribution >= 0.6 is 23.2 Å². The SMILES string of the molecule is COCC1CCN(CCCN2CCN(C(=O)/C=C/c3ccc(Cl)c(Cl)c3)CCC2=O)CC1O. The second-order valence-corrected chi connectivity index (χ2v) is 9.50. The number of carbonyl (C=O) groups excluding carboxylic acids is 2. The molecule has 0 aliphatic carbocycles. The van der Waals surface area contributed by atoms with E-state index in [0.29, 0.717) is 55.8 Å². The van der Waals surface area contributed by atoms with E-state index < -0.39 is 0 Å². The quantitative estimate of drug-likeness (QED) is 0.559. The number of halogens is 2. The van der Waals surface area contributed by atoms with Gasteiger partial charge in [0.25, 0.3) is 0 Å². The number of aliphatic hydroxyl groups excluding tert-OH is 1. The number of ether oxygens (including phenoxy) is 1. The van der Waals surface area contributed by atoms with Crippen LogP contribution in [0.3, 0.4) is 0 Å². The van der Waals surface area contributed by atoms with Gasteiger partial charge >= 0.3 is 0 Å². The molecule has 2 heterocycles. The molecule has 1 aromatic rings. The number of hydrogen-bond acceptors (Lipinski definition) is 5. The first-order valence-corrected chi connectivity index (χ1v) is 12.2. The van der Waals surface area contributed by atoms with Gasteiger partial charge in [0, 0.05) is 58.2 Å². The van der Waals surface area contributed by atoms with Gasteiger partial charge in [0.2, 0.25) is 11.8 Å². The molecule has 9 heteroatoms. The van der Waals surface area contributed by atoms with Crippen molar-refractivity contribution in [3.8, 4) is 0 Å². The summed E-state index contributed by atoms with van der Waals surface area (Å²) in [4.78, 5) is 31.0. The van der Waals surface area contributed by atoms with Gasteiger partial charge in [-0.3, -0.25) is 9.59 Å². The van der Waals surface area contributed by atoms with Gasteiger partial charge < -0.3 is 24.5 Å². The zero-order valence-electron chi connectivity index (χ0n) is 19.1. The zero-order chi connectivity index (χ0) is 23.8. The molecule has 7 nitrogen and oxygen atoms in total. The van der Waals surface area contributed by atoms with Crippen molar-refractivity contribution >= 4 is 41.1 Å². The number of carbonyl (C=O) groups is 2. The lowest BCUT2D eigenvalue weighted by atomic mass is 9.94. The van der Waals surface area contributed by atoms with E-state index in [0.717, 1.165) is 31.5 Å². The van der Waals surface area contributed by atoms with Gasteiger partial charge in [0.05, 0.1) is 22.8 Å². The van der Waals surface area contributed by atoms with Crippen molar-refractivity contribution in [1.29, 1.82) is 0 Å². The summed E-state index contributed by atoms with van der Waals surface area (Å²) in [5.41, 5.74) is 0.793. The topological polar surface area (TPSA) is 73.3 Å². The number of piperidine rings is 1. The molecule has 2 saturated heterocycles. The molecular formula is C24H33Cl2N3O4. The average Bonchev–Trinajstić information content (AvgIpc) is 2.98. The summed E-state index contributed by atoms with van der Waals surface area (Å²) < 4.78 is 5.18. The fourth-order valence-electron chi connectivity index (χ4n) is 4.35. The van der Waals surface area contributed by atoms with E-state index in [1.807, 2.05) is 4.90 Å². The van der Waals surface area contributed by atoms with Crippen LogP contribution in [0.25, 0.3) is 6.08 Å². The third kappa shape index (κ3) is 7.69. The maximum absolute atomic E-state index is 12.6. The highest BCUT2D eigenvalue weighted by Gasteiger charge is 2.28. The van der Waals surface area contributed by atoms with E-state index in [4.69, 9.17) is 27.9 Å². The summed E-state index contributed by atoms with van der Waals surface area (Å²) in [6, 6.07) is 5.20. The summed E-state index contributed by atoms with van der Waals surface area (Å²) in [5.74, 6) is 0.161. The third-order valence-electron chi connectivity index (χ3n) is 6.35. The van der Waals surface area contributed by atoms with Crippen LogP contribution in [-0.4, -0.2) is 97.3 Å². The first-order chi connectivity index (χ1) is 15.9. The van der Waals surface area contributed by atoms with Crippen LogP contribution in [0.4, 0.5) is 0 Å². The molecule has 1 N–H and O–H groups in total. The van der Waals surface area contributed by atoms with Crippen LogP contribution in [0.15, 0.2) is 24.3 Å². The van der Waals surface area contributed by atoms with E-state index in [1.54, 1.807) is 36.3 Å². The van der Waals surface area contributed by atoms with Crippen LogP contribution in [0.2, 0.25) is 10.0 Å². The van der Waals surface area contributed by atoms with Gasteiger partial charge in [-0.2, -0.15) is 0 Å². The Labute approximate surface area is 205 Å². The molecule has 2 unspecified atom stereocenters. The molecule has 2 fully saturated rings. The summed E-state index contributed by atoms with van der Waals surface area (Å²) in [5, 5.41) is 11.2. The summed E-state index contributed by atoms with van der Waals surface area (Å²) in [7, 11) is 1.66. The number of rotatable bonds is 8. The molecule has 0 spiro atoms. The van der Waals surface area contributed by atoms with Gasteiger partial charge in [0.1, 0.15) is 0 Å². The van der Waals surface area contributed by atoms with Crippen LogP contribution in [0, 0.1) is 5.92 Å². The number of β-amino-alcohol motifs (C(OH)–C–C–N with tert-alkyl or cyclic N) is 1. The maximum atomic E-state index is 12.6. The molecule has 0 saturated carbocycles. The fraction of sp³-hybridized carbons (Fsp3) is 0.583. The van der Waals surface area contributed by atoms with Crippen molar-refractivity contribution in [3.05, 3.63) is 39.9 Å². The average molecular weight is 498 g/mol. The highest BCUT2D eigenvalue weighted by atomic mass is 35.5. The number of methoxy groups -OCH3 is 1. The standard InChI is InChI=1S/C24H33Cl2N3O4/c1-33-17-19-7-11-27(16-22(19)30)9-2-10-28-13-14-29(12-8-24(28)32)23(31)6-4-18-3-5-20(25)21(26)15-18/h3-6,15,19,22,30H,2,7-14,16-17H2,1H3/b6-4+. The van der Waals surface area contributed by atoms with Crippen molar-refractivity contribution < 1.29 is 19.4 Å². The Balaban J connectivity index is 1.43. The largest absolute Gasteiger partial charge is 0.391 e. The Morgan fingerprint density at radius 2 is 2.00 bits per heavy atom. The van der Waals surface area contributed by atoms with Crippen LogP contribution in [0.5, 0.6) is 0 Å². The highest BCUT2D eigenvalue weighted by molar-refractivity contribution is 6.42. The van der Waals surface area contributed by atoms with E-state index in [2.05, 4.69) is 4.90 Å². The number of hydrogen-bond donors (Lipinski definition) is 1. The summed E-state index contributed by atoms with van der Waals surface area (Å²) >= 11 is 12.0. The lowest BCUT2D eigenvalue weighted by molar-refractivity contribution is -0.130. The lowest BCUT2D eigenvalue weighted by Crippen LogP contribution is -2.46. The Morgan fingerprint density at radius 3 is 2.73 bits per heavy atom. The number of likely N-dealkylation sites (tertiary alicyclic amines) is 1. The predicted molar refractivity (Wildman–Crippen MR) is 130 cm³/mol. The monoisotopic (exact) mass is 497 g/mol. The molecule has 0 bridgehead atoms. The second kappa shape index (κ2) is 12.7. The molecule has 33 heavy (non-hydrogen) atoms. The van der Waals surface area contributed by atoms with Crippen LogP contribution in [0.1, 0.15) is 24.8 Å². The van der Waals surface area contributed by atoms with Gasteiger partial charge in [-0.1, -0.05) is 29.3 Å². The van der Waals surface area contributed by atoms with E-state index in [-0.39, 0.29) is 23.8 Å². The normalized spacial score (nSPS) is 22.7. The van der Waals surface area contributed by atoms with Gasteiger partial charge in [0.15, 0.2) is 0 Å². The van der Waals surface area contributed by atoms with Crippen molar-refractivity contribution in [2.75, 3.05) is 59.5 Å². The Hall–Kier alpha value is -1.64. The smallest absolute Gasteiger partial charge is 0.246 e. The molecule has 1 aromatic carbocycles. The van der Waals surface area contributed by atoms with Crippen molar-refractivity contribution in [1.82, 2.24) is 14.7 Å².